The van der Waals surface area contributed by atoms with Gasteiger partial charge in [-0.3, -0.25) is 0 Å². The van der Waals surface area contributed by atoms with Crippen LogP contribution in [0.15, 0.2) is 23.6 Å². The summed E-state index contributed by atoms with van der Waals surface area (Å²) in [6.07, 6.45) is 1.05. The van der Waals surface area contributed by atoms with Crippen LogP contribution in [-0.4, -0.2) is 11.5 Å². The number of halogens is 2. The number of thiazole rings is 1. The molecular weight excluding hydrogens is 299 g/mol. The predicted molar refractivity (Wildman–Crippen MR) is 83.4 cm³/mol. The SMILES string of the molecule is CCCNC(c1csc(C)n1)c1cc(Cl)ccc1Cl. The first-order valence-electron chi connectivity index (χ1n) is 6.22. The highest BCUT2D eigenvalue weighted by atomic mass is 35.5. The molecule has 1 aromatic carbocycles. The van der Waals surface area contributed by atoms with Crippen LogP contribution in [0.25, 0.3) is 0 Å². The summed E-state index contributed by atoms with van der Waals surface area (Å²) in [7, 11) is 0. The fraction of sp³-hybridized carbons (Fsp3) is 0.357. The number of rotatable bonds is 5. The molecule has 1 unspecified atom stereocenters. The van der Waals surface area contributed by atoms with Gasteiger partial charge in [0, 0.05) is 15.4 Å². The van der Waals surface area contributed by atoms with Crippen LogP contribution in [0.2, 0.25) is 10.0 Å². The van der Waals surface area contributed by atoms with Crippen molar-refractivity contribution in [3.05, 3.63) is 49.9 Å². The maximum absolute atomic E-state index is 6.30. The summed E-state index contributed by atoms with van der Waals surface area (Å²) in [6.45, 7) is 5.05. The largest absolute Gasteiger partial charge is 0.305 e. The lowest BCUT2D eigenvalue weighted by molar-refractivity contribution is 0.588. The summed E-state index contributed by atoms with van der Waals surface area (Å²) in [4.78, 5) is 4.57. The summed E-state index contributed by atoms with van der Waals surface area (Å²) in [6, 6.07) is 5.54. The summed E-state index contributed by atoms with van der Waals surface area (Å²) >= 11 is 14.0. The van der Waals surface area contributed by atoms with Crippen LogP contribution in [0.5, 0.6) is 0 Å². The van der Waals surface area contributed by atoms with E-state index in [1.54, 1.807) is 17.4 Å². The molecule has 0 bridgehead atoms. The van der Waals surface area contributed by atoms with E-state index in [2.05, 4.69) is 22.6 Å². The maximum atomic E-state index is 6.30. The Labute approximate surface area is 127 Å². The van der Waals surface area contributed by atoms with E-state index < -0.39 is 0 Å². The van der Waals surface area contributed by atoms with E-state index in [1.807, 2.05) is 19.1 Å². The molecule has 0 saturated heterocycles. The van der Waals surface area contributed by atoms with Gasteiger partial charge in [-0.2, -0.15) is 0 Å². The van der Waals surface area contributed by atoms with Gasteiger partial charge in [0.15, 0.2) is 0 Å². The van der Waals surface area contributed by atoms with Gasteiger partial charge in [-0.05, 0) is 43.7 Å². The standard InChI is InChI=1S/C14H16Cl2N2S/c1-3-6-17-14(13-8-19-9(2)18-13)11-7-10(15)4-5-12(11)16/h4-5,7-8,14,17H,3,6H2,1-2H3. The molecule has 5 heteroatoms. The highest BCUT2D eigenvalue weighted by Crippen LogP contribution is 2.31. The molecule has 0 saturated carbocycles. The van der Waals surface area contributed by atoms with Crippen molar-refractivity contribution in [3.8, 4) is 0 Å². The van der Waals surface area contributed by atoms with Crippen molar-refractivity contribution in [1.82, 2.24) is 10.3 Å². The van der Waals surface area contributed by atoms with Crippen molar-refractivity contribution in [3.63, 3.8) is 0 Å². The zero-order valence-corrected chi connectivity index (χ0v) is 13.2. The van der Waals surface area contributed by atoms with Gasteiger partial charge in [0.25, 0.3) is 0 Å². The Kier molecular flexibility index (Phi) is 5.22. The molecule has 0 aliphatic heterocycles. The molecule has 1 aromatic heterocycles. The number of benzene rings is 1. The molecule has 2 nitrogen and oxygen atoms in total. The number of hydrogen-bond donors (Lipinski definition) is 1. The summed E-state index contributed by atoms with van der Waals surface area (Å²) in [5.74, 6) is 0. The second-order valence-electron chi connectivity index (χ2n) is 4.34. The van der Waals surface area contributed by atoms with Gasteiger partial charge in [0.05, 0.1) is 16.7 Å². The number of nitrogens with one attached hydrogen (secondary N) is 1. The van der Waals surface area contributed by atoms with Crippen LogP contribution in [0.1, 0.15) is 35.7 Å². The molecule has 1 atom stereocenters. The predicted octanol–water partition coefficient (Wildman–Crippen LogP) is 4.85. The van der Waals surface area contributed by atoms with Crippen LogP contribution in [0.3, 0.4) is 0 Å². The second kappa shape index (κ2) is 6.71. The van der Waals surface area contributed by atoms with Gasteiger partial charge in [0.2, 0.25) is 0 Å². The Hall–Kier alpha value is -0.610. The molecular formula is C14H16Cl2N2S. The molecule has 19 heavy (non-hydrogen) atoms. The smallest absolute Gasteiger partial charge is 0.0898 e. The summed E-state index contributed by atoms with van der Waals surface area (Å²) in [5.41, 5.74) is 1.98. The zero-order valence-electron chi connectivity index (χ0n) is 10.9. The van der Waals surface area contributed by atoms with E-state index in [0.717, 1.165) is 29.2 Å². The van der Waals surface area contributed by atoms with E-state index in [1.165, 1.54) is 0 Å². The van der Waals surface area contributed by atoms with Crippen molar-refractivity contribution in [2.24, 2.45) is 0 Å². The topological polar surface area (TPSA) is 24.9 Å². The van der Waals surface area contributed by atoms with E-state index in [0.29, 0.717) is 10.0 Å². The Morgan fingerprint density at radius 2 is 2.16 bits per heavy atom. The number of nitrogens with zero attached hydrogens (tertiary/aromatic N) is 1. The minimum Gasteiger partial charge on any atom is -0.305 e. The van der Waals surface area contributed by atoms with Crippen LogP contribution in [-0.2, 0) is 0 Å². The average molecular weight is 315 g/mol. The lowest BCUT2D eigenvalue weighted by atomic mass is 10.0. The first-order valence-corrected chi connectivity index (χ1v) is 7.85. The molecule has 1 heterocycles. The van der Waals surface area contributed by atoms with Crippen molar-refractivity contribution in [2.75, 3.05) is 6.54 Å². The quantitative estimate of drug-likeness (QED) is 0.853. The van der Waals surface area contributed by atoms with Crippen molar-refractivity contribution in [1.29, 1.82) is 0 Å². The zero-order chi connectivity index (χ0) is 13.8. The lowest BCUT2D eigenvalue weighted by Crippen LogP contribution is -2.23. The highest BCUT2D eigenvalue weighted by molar-refractivity contribution is 7.09. The van der Waals surface area contributed by atoms with Gasteiger partial charge in [-0.1, -0.05) is 30.1 Å². The average Bonchev–Trinajstić information content (AvgIpc) is 2.80. The first-order chi connectivity index (χ1) is 9.11. The molecule has 0 aliphatic carbocycles. The van der Waals surface area contributed by atoms with Gasteiger partial charge in [-0.15, -0.1) is 11.3 Å². The van der Waals surface area contributed by atoms with Gasteiger partial charge in [-0.25, -0.2) is 4.98 Å². The molecule has 0 amide bonds. The lowest BCUT2D eigenvalue weighted by Gasteiger charge is -2.18. The van der Waals surface area contributed by atoms with Crippen LogP contribution in [0.4, 0.5) is 0 Å². The summed E-state index contributed by atoms with van der Waals surface area (Å²) < 4.78 is 0. The van der Waals surface area contributed by atoms with E-state index in [9.17, 15) is 0 Å². The number of aromatic nitrogens is 1. The van der Waals surface area contributed by atoms with Crippen molar-refractivity contribution < 1.29 is 0 Å². The minimum absolute atomic E-state index is 0.00361. The minimum atomic E-state index is -0.00361. The molecule has 2 aromatic rings. The molecule has 2 rings (SSSR count). The van der Waals surface area contributed by atoms with Crippen molar-refractivity contribution in [2.45, 2.75) is 26.3 Å². The van der Waals surface area contributed by atoms with E-state index in [-0.39, 0.29) is 6.04 Å². The molecule has 0 aliphatic rings. The molecule has 1 N–H and O–H groups in total. The third-order valence-corrected chi connectivity index (χ3v) is 4.17. The number of hydrogen-bond acceptors (Lipinski definition) is 3. The van der Waals surface area contributed by atoms with E-state index in [4.69, 9.17) is 23.2 Å². The maximum Gasteiger partial charge on any atom is 0.0898 e. The fourth-order valence-electron chi connectivity index (χ4n) is 1.91. The third kappa shape index (κ3) is 3.69. The first kappa shape index (κ1) is 14.8. The van der Waals surface area contributed by atoms with Crippen LogP contribution < -0.4 is 5.32 Å². The Balaban J connectivity index is 2.39. The molecule has 0 radical (unpaired) electrons. The van der Waals surface area contributed by atoms with Crippen LogP contribution in [0, 0.1) is 6.92 Å². The Bertz CT molecular complexity index is 554. The normalized spacial score (nSPS) is 12.6. The summed E-state index contributed by atoms with van der Waals surface area (Å²) in [5, 5.41) is 8.01. The van der Waals surface area contributed by atoms with E-state index >= 15 is 0 Å². The van der Waals surface area contributed by atoms with Crippen LogP contribution >= 0.6 is 34.5 Å². The third-order valence-electron chi connectivity index (χ3n) is 2.80. The fourth-order valence-corrected chi connectivity index (χ4v) is 2.96. The Morgan fingerprint density at radius 3 is 2.79 bits per heavy atom. The van der Waals surface area contributed by atoms with Gasteiger partial charge in [0.1, 0.15) is 0 Å². The highest BCUT2D eigenvalue weighted by Gasteiger charge is 2.19. The number of aryl methyl sites for hydroxylation is 1. The van der Waals surface area contributed by atoms with Crippen molar-refractivity contribution >= 4 is 34.5 Å². The molecule has 0 fully saturated rings. The monoisotopic (exact) mass is 314 g/mol. The molecule has 0 spiro atoms. The molecule has 102 valence electrons. The van der Waals surface area contributed by atoms with Gasteiger partial charge < -0.3 is 5.32 Å². The Morgan fingerprint density at radius 1 is 1.37 bits per heavy atom. The second-order valence-corrected chi connectivity index (χ2v) is 6.25. The van der Waals surface area contributed by atoms with Gasteiger partial charge >= 0.3 is 0 Å².